The zero-order valence-electron chi connectivity index (χ0n) is 13.6. The maximum absolute atomic E-state index is 12.4. The molecule has 0 aromatic heterocycles. The second-order valence-corrected chi connectivity index (χ2v) is 6.29. The third-order valence-corrected chi connectivity index (χ3v) is 3.79. The lowest BCUT2D eigenvalue weighted by atomic mass is 9.80. The van der Waals surface area contributed by atoms with Gasteiger partial charge in [0.1, 0.15) is 18.8 Å². The molecule has 0 amide bonds. The van der Waals surface area contributed by atoms with Gasteiger partial charge in [-0.05, 0) is 17.5 Å². The normalized spacial score (nSPS) is 11.0. The lowest BCUT2D eigenvalue weighted by molar-refractivity contribution is -0.149. The van der Waals surface area contributed by atoms with Crippen LogP contribution in [0.4, 0.5) is 0 Å². The molecule has 120 valence electrons. The molecule has 0 aliphatic rings. The summed E-state index contributed by atoms with van der Waals surface area (Å²) in [6.45, 7) is 3.94. The van der Waals surface area contributed by atoms with Gasteiger partial charge in [0, 0.05) is 5.41 Å². The lowest BCUT2D eigenvalue weighted by Gasteiger charge is -2.22. The summed E-state index contributed by atoms with van der Waals surface area (Å²) in [4.78, 5) is 24.3. The average molecular weight is 310 g/mol. The van der Waals surface area contributed by atoms with E-state index >= 15 is 0 Å². The molecule has 0 fully saturated rings. The smallest absolute Gasteiger partial charge is 0.313 e. The summed E-state index contributed by atoms with van der Waals surface area (Å²) in [6, 6.07) is 19.3. The minimum absolute atomic E-state index is 0.0978. The second kappa shape index (κ2) is 7.73. The summed E-state index contributed by atoms with van der Waals surface area (Å²) >= 11 is 0. The van der Waals surface area contributed by atoms with E-state index < -0.39 is 11.4 Å². The number of carbonyl (C=O) groups is 2. The summed E-state index contributed by atoms with van der Waals surface area (Å²) in [5.41, 5.74) is 1.41. The van der Waals surface area contributed by atoms with Crippen LogP contribution in [0.3, 0.4) is 0 Å². The average Bonchev–Trinajstić information content (AvgIpc) is 2.54. The van der Waals surface area contributed by atoms with Gasteiger partial charge in [-0.15, -0.1) is 0 Å². The quantitative estimate of drug-likeness (QED) is 0.574. The van der Waals surface area contributed by atoms with Crippen LogP contribution in [0.25, 0.3) is 0 Å². The van der Waals surface area contributed by atoms with Crippen LogP contribution >= 0.6 is 0 Å². The summed E-state index contributed by atoms with van der Waals surface area (Å²) < 4.78 is 5.18. The molecule has 0 N–H and O–H groups in total. The van der Waals surface area contributed by atoms with E-state index in [4.69, 9.17) is 4.74 Å². The van der Waals surface area contributed by atoms with Crippen molar-refractivity contribution in [2.24, 2.45) is 5.41 Å². The Morgan fingerprint density at radius 3 is 1.96 bits per heavy atom. The van der Waals surface area contributed by atoms with E-state index in [-0.39, 0.29) is 18.8 Å². The first-order valence-corrected chi connectivity index (χ1v) is 7.74. The van der Waals surface area contributed by atoms with Crippen molar-refractivity contribution in [1.82, 2.24) is 0 Å². The Labute approximate surface area is 137 Å². The van der Waals surface area contributed by atoms with Crippen LogP contribution in [0.5, 0.6) is 0 Å². The van der Waals surface area contributed by atoms with Gasteiger partial charge >= 0.3 is 5.97 Å². The minimum Gasteiger partial charge on any atom is -0.460 e. The SMILES string of the molecule is CC(C)(Cc1ccccc1)C(=O)CC(=O)OCc1ccccc1. The molecular weight excluding hydrogens is 288 g/mol. The number of ether oxygens (including phenoxy) is 1. The molecule has 0 aliphatic carbocycles. The molecule has 0 heterocycles. The maximum Gasteiger partial charge on any atom is 0.313 e. The Kier molecular flexibility index (Phi) is 5.69. The molecule has 0 unspecified atom stereocenters. The Morgan fingerprint density at radius 2 is 1.39 bits per heavy atom. The van der Waals surface area contributed by atoms with Crippen molar-refractivity contribution < 1.29 is 14.3 Å². The highest BCUT2D eigenvalue weighted by Gasteiger charge is 2.29. The number of ketones is 1. The Bertz CT molecular complexity index is 645. The molecule has 2 aromatic rings. The highest BCUT2D eigenvalue weighted by atomic mass is 16.5. The van der Waals surface area contributed by atoms with Crippen molar-refractivity contribution >= 4 is 11.8 Å². The van der Waals surface area contributed by atoms with E-state index in [1.165, 1.54) is 0 Å². The van der Waals surface area contributed by atoms with E-state index in [1.54, 1.807) is 0 Å². The maximum atomic E-state index is 12.4. The van der Waals surface area contributed by atoms with Crippen molar-refractivity contribution in [1.29, 1.82) is 0 Å². The lowest BCUT2D eigenvalue weighted by Crippen LogP contribution is -2.29. The monoisotopic (exact) mass is 310 g/mol. The van der Waals surface area contributed by atoms with Gasteiger partial charge in [-0.25, -0.2) is 0 Å². The van der Waals surface area contributed by atoms with E-state index in [0.717, 1.165) is 11.1 Å². The molecule has 3 nitrogen and oxygen atoms in total. The number of hydrogen-bond donors (Lipinski definition) is 0. The highest BCUT2D eigenvalue weighted by molar-refractivity contribution is 5.98. The zero-order valence-corrected chi connectivity index (χ0v) is 13.6. The van der Waals surface area contributed by atoms with Gasteiger partial charge in [0.2, 0.25) is 0 Å². The van der Waals surface area contributed by atoms with Gasteiger partial charge in [0.25, 0.3) is 0 Å². The van der Waals surface area contributed by atoms with Crippen LogP contribution < -0.4 is 0 Å². The van der Waals surface area contributed by atoms with Gasteiger partial charge in [-0.1, -0.05) is 74.5 Å². The Morgan fingerprint density at radius 1 is 0.870 bits per heavy atom. The first-order valence-electron chi connectivity index (χ1n) is 7.74. The van der Waals surface area contributed by atoms with Crippen LogP contribution in [0.1, 0.15) is 31.4 Å². The molecule has 0 atom stereocenters. The number of esters is 1. The molecule has 0 aliphatic heterocycles. The van der Waals surface area contributed by atoms with Crippen molar-refractivity contribution in [3.8, 4) is 0 Å². The van der Waals surface area contributed by atoms with Gasteiger partial charge in [-0.2, -0.15) is 0 Å². The molecule has 2 aromatic carbocycles. The molecule has 0 spiro atoms. The predicted octanol–water partition coefficient (Wildman–Crippen LogP) is 3.96. The van der Waals surface area contributed by atoms with Crippen LogP contribution in [-0.4, -0.2) is 11.8 Å². The molecule has 0 radical (unpaired) electrons. The van der Waals surface area contributed by atoms with E-state index in [2.05, 4.69) is 0 Å². The fraction of sp³-hybridized carbons (Fsp3) is 0.300. The molecule has 0 saturated heterocycles. The first kappa shape index (κ1) is 16.9. The summed E-state index contributed by atoms with van der Waals surface area (Å²) in [7, 11) is 0. The fourth-order valence-electron chi connectivity index (χ4n) is 2.36. The van der Waals surface area contributed by atoms with E-state index in [0.29, 0.717) is 6.42 Å². The van der Waals surface area contributed by atoms with E-state index in [9.17, 15) is 9.59 Å². The minimum atomic E-state index is -0.590. The fourth-order valence-corrected chi connectivity index (χ4v) is 2.36. The third-order valence-electron chi connectivity index (χ3n) is 3.79. The van der Waals surface area contributed by atoms with Crippen molar-refractivity contribution in [2.75, 3.05) is 0 Å². The molecular formula is C20H22O3. The number of Topliss-reactive ketones (excluding diaryl/α,β-unsaturated/α-hetero) is 1. The highest BCUT2D eigenvalue weighted by Crippen LogP contribution is 2.24. The van der Waals surface area contributed by atoms with Gasteiger partial charge in [0.15, 0.2) is 0 Å². The van der Waals surface area contributed by atoms with Gasteiger partial charge in [-0.3, -0.25) is 9.59 Å². The Balaban J connectivity index is 1.86. The van der Waals surface area contributed by atoms with Crippen LogP contribution in [0.15, 0.2) is 60.7 Å². The first-order chi connectivity index (χ1) is 11.0. The summed E-state index contributed by atoms with van der Waals surface area (Å²) in [5, 5.41) is 0. The molecule has 23 heavy (non-hydrogen) atoms. The molecule has 3 heteroatoms. The predicted molar refractivity (Wildman–Crippen MR) is 89.8 cm³/mol. The van der Waals surface area contributed by atoms with Crippen LogP contribution in [0.2, 0.25) is 0 Å². The molecule has 2 rings (SSSR count). The Hall–Kier alpha value is -2.42. The van der Waals surface area contributed by atoms with Crippen LogP contribution in [0, 0.1) is 5.41 Å². The van der Waals surface area contributed by atoms with E-state index in [1.807, 2.05) is 74.5 Å². The summed E-state index contributed by atoms with van der Waals surface area (Å²) in [6.07, 6.45) is 0.422. The van der Waals surface area contributed by atoms with Gasteiger partial charge in [0.05, 0.1) is 0 Å². The largest absolute Gasteiger partial charge is 0.460 e. The topological polar surface area (TPSA) is 43.4 Å². The number of benzene rings is 2. The van der Waals surface area contributed by atoms with Crippen molar-refractivity contribution in [2.45, 2.75) is 33.3 Å². The van der Waals surface area contributed by atoms with Crippen LogP contribution in [-0.2, 0) is 27.4 Å². The molecule has 0 bridgehead atoms. The van der Waals surface area contributed by atoms with Crippen molar-refractivity contribution in [3.05, 3.63) is 71.8 Å². The zero-order chi connectivity index (χ0) is 16.7. The number of rotatable bonds is 7. The third kappa shape index (κ3) is 5.37. The second-order valence-electron chi connectivity index (χ2n) is 6.29. The van der Waals surface area contributed by atoms with Gasteiger partial charge < -0.3 is 4.74 Å². The number of hydrogen-bond acceptors (Lipinski definition) is 3. The standard InChI is InChI=1S/C20H22O3/c1-20(2,14-16-9-5-3-6-10-16)18(21)13-19(22)23-15-17-11-7-4-8-12-17/h3-12H,13-15H2,1-2H3. The molecule has 0 saturated carbocycles. The van der Waals surface area contributed by atoms with Crippen molar-refractivity contribution in [3.63, 3.8) is 0 Å². The summed E-state index contributed by atoms with van der Waals surface area (Å²) in [5.74, 6) is -0.570. The number of carbonyl (C=O) groups excluding carboxylic acids is 2.